The van der Waals surface area contributed by atoms with Gasteiger partial charge in [-0.1, -0.05) is 12.3 Å². The monoisotopic (exact) mass is 138 g/mol. The van der Waals surface area contributed by atoms with Crippen LogP contribution < -0.4 is 0 Å². The first kappa shape index (κ1) is 8.73. The molecule has 10 heavy (non-hydrogen) atoms. The third kappa shape index (κ3) is 3.70. The highest BCUT2D eigenvalue weighted by Crippen LogP contribution is 1.95. The number of hydrogen-bond acceptors (Lipinski definition) is 2. The maximum absolute atomic E-state index is 10.3. The van der Waals surface area contributed by atoms with Crippen molar-refractivity contribution >= 4 is 5.97 Å². The molecule has 0 atom stereocenters. The smallest absolute Gasteiger partial charge is 0.308 e. The van der Waals surface area contributed by atoms with Gasteiger partial charge in [-0.2, -0.15) is 0 Å². The summed E-state index contributed by atoms with van der Waals surface area (Å²) < 4.78 is 4.66. The Hall–Kier alpha value is -1.27. The third-order valence-electron chi connectivity index (χ3n) is 0.726. The lowest BCUT2D eigenvalue weighted by atomic mass is 10.5. The lowest BCUT2D eigenvalue weighted by Gasteiger charge is -1.95. The van der Waals surface area contributed by atoms with Gasteiger partial charge in [0.1, 0.15) is 0 Å². The van der Waals surface area contributed by atoms with Gasteiger partial charge in [0.05, 0.1) is 0 Å². The third-order valence-corrected chi connectivity index (χ3v) is 0.726. The number of allylic oxidation sites excluding steroid dienone is 1. The molecule has 0 aliphatic rings. The molecule has 0 saturated carbocycles. The van der Waals surface area contributed by atoms with Crippen LogP contribution >= 0.6 is 0 Å². The lowest BCUT2D eigenvalue weighted by molar-refractivity contribution is -0.136. The van der Waals surface area contributed by atoms with E-state index in [1.54, 1.807) is 13.0 Å². The van der Waals surface area contributed by atoms with Gasteiger partial charge in [0.15, 0.2) is 5.76 Å². The number of ether oxygens (including phenoxy) is 1. The highest BCUT2D eigenvalue weighted by Gasteiger charge is 1.93. The summed E-state index contributed by atoms with van der Waals surface area (Å²) in [5.41, 5.74) is 2.69. The minimum atomic E-state index is -0.357. The van der Waals surface area contributed by atoms with Crippen molar-refractivity contribution in [2.24, 2.45) is 0 Å². The van der Waals surface area contributed by atoms with Gasteiger partial charge in [-0.25, -0.2) is 0 Å². The lowest BCUT2D eigenvalue weighted by Crippen LogP contribution is -1.94. The van der Waals surface area contributed by atoms with E-state index in [9.17, 15) is 4.79 Å². The quantitative estimate of drug-likeness (QED) is 0.252. The Morgan fingerprint density at radius 2 is 2.30 bits per heavy atom. The molecule has 0 bridgehead atoms. The van der Waals surface area contributed by atoms with Gasteiger partial charge in [0.25, 0.3) is 0 Å². The molecule has 0 spiro atoms. The predicted molar refractivity (Wildman–Crippen MR) is 39.2 cm³/mol. The molecular weight excluding hydrogens is 128 g/mol. The summed E-state index contributed by atoms with van der Waals surface area (Å²) >= 11 is 0. The Labute approximate surface area is 60.5 Å². The zero-order valence-electron chi connectivity index (χ0n) is 6.18. The summed E-state index contributed by atoms with van der Waals surface area (Å²) in [6, 6.07) is 0. The molecule has 0 unspecified atom stereocenters. The van der Waals surface area contributed by atoms with Crippen molar-refractivity contribution in [3.05, 3.63) is 30.2 Å². The van der Waals surface area contributed by atoms with E-state index in [2.05, 4.69) is 17.0 Å². The van der Waals surface area contributed by atoms with Crippen molar-refractivity contribution < 1.29 is 9.53 Å². The molecule has 2 heteroatoms. The van der Waals surface area contributed by atoms with Crippen LogP contribution in [-0.2, 0) is 9.53 Å². The topological polar surface area (TPSA) is 26.3 Å². The maximum atomic E-state index is 10.3. The van der Waals surface area contributed by atoms with Gasteiger partial charge < -0.3 is 4.74 Å². The Balaban J connectivity index is 4.24. The second kappa shape index (κ2) is 4.59. The molecule has 0 rings (SSSR count). The molecule has 0 aliphatic heterocycles. The van der Waals surface area contributed by atoms with Crippen molar-refractivity contribution in [3.8, 4) is 0 Å². The van der Waals surface area contributed by atoms with Gasteiger partial charge in [-0.05, 0) is 19.1 Å². The van der Waals surface area contributed by atoms with E-state index in [1.165, 1.54) is 13.0 Å². The fraction of sp³-hybridized carbons (Fsp3) is 0.250. The fourth-order valence-electron chi connectivity index (χ4n) is 0.427. The second-order valence-corrected chi connectivity index (χ2v) is 1.60. The molecule has 0 heterocycles. The minimum absolute atomic E-state index is 0.356. The molecule has 0 saturated heterocycles. The van der Waals surface area contributed by atoms with Crippen molar-refractivity contribution in [2.75, 3.05) is 0 Å². The largest absolute Gasteiger partial charge is 0.418 e. The van der Waals surface area contributed by atoms with Crippen LogP contribution in [0.15, 0.2) is 30.2 Å². The average molecular weight is 138 g/mol. The predicted octanol–water partition coefficient (Wildman–Crippen LogP) is 1.79. The van der Waals surface area contributed by atoms with Gasteiger partial charge in [-0.3, -0.25) is 4.79 Å². The summed E-state index contributed by atoms with van der Waals surface area (Å²) in [6.07, 6.45) is 3.08. The fourth-order valence-corrected chi connectivity index (χ4v) is 0.427. The SMILES string of the molecule is C=CC(=C=CC)OC(C)=O. The summed E-state index contributed by atoms with van der Waals surface area (Å²) in [6.45, 7) is 6.55. The van der Waals surface area contributed by atoms with E-state index < -0.39 is 0 Å². The van der Waals surface area contributed by atoms with Gasteiger partial charge in [0.2, 0.25) is 0 Å². The number of hydrogen-bond donors (Lipinski definition) is 0. The Bertz CT molecular complexity index is 195. The first-order valence-corrected chi connectivity index (χ1v) is 2.93. The van der Waals surface area contributed by atoms with E-state index in [4.69, 9.17) is 0 Å². The molecule has 0 amide bonds. The highest BCUT2D eigenvalue weighted by molar-refractivity contribution is 5.67. The standard InChI is InChI=1S/C8H10O2/c1-4-6-8(5-2)10-7(3)9/h4-5H,2H2,1,3H3. The number of rotatable bonds is 2. The van der Waals surface area contributed by atoms with Crippen LogP contribution in [0.2, 0.25) is 0 Å². The van der Waals surface area contributed by atoms with Crippen LogP contribution in [0.1, 0.15) is 13.8 Å². The average Bonchev–Trinajstić information content (AvgIpc) is 1.86. The Kier molecular flexibility index (Phi) is 4.01. The van der Waals surface area contributed by atoms with E-state index >= 15 is 0 Å². The molecule has 0 radical (unpaired) electrons. The van der Waals surface area contributed by atoms with Crippen molar-refractivity contribution in [1.29, 1.82) is 0 Å². The number of carbonyl (C=O) groups is 1. The molecule has 0 aromatic carbocycles. The van der Waals surface area contributed by atoms with E-state index in [0.717, 1.165) is 0 Å². The molecule has 0 aromatic heterocycles. The molecule has 54 valence electrons. The van der Waals surface area contributed by atoms with Crippen LogP contribution in [0.4, 0.5) is 0 Å². The Morgan fingerprint density at radius 1 is 1.70 bits per heavy atom. The molecule has 0 fully saturated rings. The molecule has 0 aromatic rings. The normalized spacial score (nSPS) is 7.40. The van der Waals surface area contributed by atoms with Crippen molar-refractivity contribution in [1.82, 2.24) is 0 Å². The van der Waals surface area contributed by atoms with Crippen molar-refractivity contribution in [2.45, 2.75) is 13.8 Å². The van der Waals surface area contributed by atoms with E-state index in [-0.39, 0.29) is 5.97 Å². The zero-order chi connectivity index (χ0) is 7.98. The molecule has 0 N–H and O–H groups in total. The van der Waals surface area contributed by atoms with Crippen LogP contribution in [0.3, 0.4) is 0 Å². The summed E-state index contributed by atoms with van der Waals surface area (Å²) in [5, 5.41) is 0. The van der Waals surface area contributed by atoms with E-state index in [0.29, 0.717) is 5.76 Å². The second-order valence-electron chi connectivity index (χ2n) is 1.60. The van der Waals surface area contributed by atoms with Crippen LogP contribution in [0.5, 0.6) is 0 Å². The summed E-state index contributed by atoms with van der Waals surface area (Å²) in [7, 11) is 0. The Morgan fingerprint density at radius 3 is 2.60 bits per heavy atom. The van der Waals surface area contributed by atoms with E-state index in [1.807, 2.05) is 0 Å². The maximum Gasteiger partial charge on any atom is 0.308 e. The zero-order valence-corrected chi connectivity index (χ0v) is 6.18. The van der Waals surface area contributed by atoms with Crippen molar-refractivity contribution in [3.63, 3.8) is 0 Å². The van der Waals surface area contributed by atoms with Crippen LogP contribution in [0, 0.1) is 0 Å². The number of esters is 1. The molecule has 0 aliphatic carbocycles. The first-order valence-electron chi connectivity index (χ1n) is 2.93. The van der Waals surface area contributed by atoms with Gasteiger partial charge in [0, 0.05) is 6.92 Å². The van der Waals surface area contributed by atoms with Crippen LogP contribution in [0.25, 0.3) is 0 Å². The number of carbonyl (C=O) groups excluding carboxylic acids is 1. The summed E-state index contributed by atoms with van der Waals surface area (Å²) in [4.78, 5) is 10.3. The highest BCUT2D eigenvalue weighted by atomic mass is 16.5. The molecule has 2 nitrogen and oxygen atoms in total. The van der Waals surface area contributed by atoms with Gasteiger partial charge >= 0.3 is 5.97 Å². The molecular formula is C8H10O2. The first-order chi connectivity index (χ1) is 4.70. The summed E-state index contributed by atoms with van der Waals surface area (Å²) in [5.74, 6) is -0.000694. The van der Waals surface area contributed by atoms with Crippen LogP contribution in [-0.4, -0.2) is 5.97 Å². The minimum Gasteiger partial charge on any atom is -0.418 e. The van der Waals surface area contributed by atoms with Gasteiger partial charge in [-0.15, -0.1) is 0 Å².